The highest BCUT2D eigenvalue weighted by Gasteiger charge is 2.27. The summed E-state index contributed by atoms with van der Waals surface area (Å²) in [6, 6.07) is 6.35. The fourth-order valence-electron chi connectivity index (χ4n) is 2.70. The number of benzene rings is 1. The van der Waals surface area contributed by atoms with Gasteiger partial charge in [0.15, 0.2) is 0 Å². The van der Waals surface area contributed by atoms with Gasteiger partial charge < -0.3 is 10.6 Å². The SMILES string of the molecule is CC(N)Cc1cc(Cl)ccc1N1CC(C)C(C)C1. The van der Waals surface area contributed by atoms with Gasteiger partial charge in [-0.15, -0.1) is 0 Å². The number of nitrogens with zero attached hydrogens (tertiary/aromatic N) is 1. The number of halogens is 1. The minimum Gasteiger partial charge on any atom is -0.371 e. The molecule has 0 radical (unpaired) electrons. The molecule has 3 unspecified atom stereocenters. The van der Waals surface area contributed by atoms with Gasteiger partial charge in [-0.25, -0.2) is 0 Å². The van der Waals surface area contributed by atoms with Crippen molar-refractivity contribution in [2.75, 3.05) is 18.0 Å². The molecule has 3 heteroatoms. The van der Waals surface area contributed by atoms with Crippen LogP contribution in [0.5, 0.6) is 0 Å². The molecule has 1 aromatic carbocycles. The summed E-state index contributed by atoms with van der Waals surface area (Å²) >= 11 is 6.10. The number of anilines is 1. The first-order valence-electron chi connectivity index (χ1n) is 6.76. The van der Waals surface area contributed by atoms with E-state index < -0.39 is 0 Å². The predicted molar refractivity (Wildman–Crippen MR) is 79.3 cm³/mol. The lowest BCUT2D eigenvalue weighted by molar-refractivity contribution is 0.494. The van der Waals surface area contributed by atoms with Gasteiger partial charge in [0.25, 0.3) is 0 Å². The van der Waals surface area contributed by atoms with Crippen molar-refractivity contribution in [1.29, 1.82) is 0 Å². The lowest BCUT2D eigenvalue weighted by atomic mass is 10.0. The summed E-state index contributed by atoms with van der Waals surface area (Å²) < 4.78 is 0. The van der Waals surface area contributed by atoms with Crippen molar-refractivity contribution in [3.63, 3.8) is 0 Å². The van der Waals surface area contributed by atoms with Crippen molar-refractivity contribution in [2.24, 2.45) is 17.6 Å². The van der Waals surface area contributed by atoms with E-state index in [0.717, 1.165) is 36.4 Å². The largest absolute Gasteiger partial charge is 0.371 e. The van der Waals surface area contributed by atoms with E-state index in [1.165, 1.54) is 11.3 Å². The van der Waals surface area contributed by atoms with Crippen LogP contribution in [0.1, 0.15) is 26.3 Å². The molecule has 1 aliphatic rings. The van der Waals surface area contributed by atoms with Crippen molar-refractivity contribution in [3.05, 3.63) is 28.8 Å². The third-order valence-corrected chi connectivity index (χ3v) is 4.15. The Labute approximate surface area is 115 Å². The van der Waals surface area contributed by atoms with E-state index in [1.54, 1.807) is 0 Å². The van der Waals surface area contributed by atoms with Gasteiger partial charge in [0.1, 0.15) is 0 Å². The van der Waals surface area contributed by atoms with Crippen LogP contribution in [-0.2, 0) is 6.42 Å². The first-order chi connectivity index (χ1) is 8.47. The highest BCUT2D eigenvalue weighted by molar-refractivity contribution is 6.30. The van der Waals surface area contributed by atoms with E-state index in [0.29, 0.717) is 0 Å². The fraction of sp³-hybridized carbons (Fsp3) is 0.600. The summed E-state index contributed by atoms with van der Waals surface area (Å²) in [5, 5.41) is 0.801. The molecule has 2 rings (SSSR count). The highest BCUT2D eigenvalue weighted by atomic mass is 35.5. The molecule has 0 aliphatic carbocycles. The molecule has 1 aliphatic heterocycles. The maximum atomic E-state index is 6.10. The molecule has 1 heterocycles. The summed E-state index contributed by atoms with van der Waals surface area (Å²) in [7, 11) is 0. The van der Waals surface area contributed by atoms with E-state index in [9.17, 15) is 0 Å². The molecule has 18 heavy (non-hydrogen) atoms. The van der Waals surface area contributed by atoms with E-state index in [2.05, 4.69) is 30.9 Å². The second kappa shape index (κ2) is 5.50. The summed E-state index contributed by atoms with van der Waals surface area (Å²) in [6.07, 6.45) is 0.884. The van der Waals surface area contributed by atoms with Gasteiger partial charge in [0.2, 0.25) is 0 Å². The van der Waals surface area contributed by atoms with Crippen molar-refractivity contribution in [2.45, 2.75) is 33.2 Å². The van der Waals surface area contributed by atoms with Gasteiger partial charge in [0, 0.05) is 29.8 Å². The van der Waals surface area contributed by atoms with Gasteiger partial charge in [-0.1, -0.05) is 25.4 Å². The third-order valence-electron chi connectivity index (χ3n) is 3.91. The Morgan fingerprint density at radius 1 is 1.33 bits per heavy atom. The third kappa shape index (κ3) is 2.99. The Kier molecular flexibility index (Phi) is 4.18. The molecule has 1 saturated heterocycles. The Morgan fingerprint density at radius 2 is 1.94 bits per heavy atom. The molecule has 0 aromatic heterocycles. The zero-order valence-corrected chi connectivity index (χ0v) is 12.2. The fourth-order valence-corrected chi connectivity index (χ4v) is 2.89. The average Bonchev–Trinajstić information content (AvgIpc) is 2.58. The smallest absolute Gasteiger partial charge is 0.0410 e. The van der Waals surface area contributed by atoms with Crippen molar-refractivity contribution < 1.29 is 0 Å². The molecule has 2 nitrogen and oxygen atoms in total. The van der Waals surface area contributed by atoms with Gasteiger partial charge in [-0.2, -0.15) is 0 Å². The molecule has 0 bridgehead atoms. The van der Waals surface area contributed by atoms with Crippen molar-refractivity contribution in [3.8, 4) is 0 Å². The molecular weight excluding hydrogens is 244 g/mol. The van der Waals surface area contributed by atoms with E-state index >= 15 is 0 Å². The Morgan fingerprint density at radius 3 is 2.50 bits per heavy atom. The van der Waals surface area contributed by atoms with Gasteiger partial charge >= 0.3 is 0 Å². The maximum Gasteiger partial charge on any atom is 0.0410 e. The molecule has 0 amide bonds. The van der Waals surface area contributed by atoms with Crippen LogP contribution in [0.3, 0.4) is 0 Å². The number of rotatable bonds is 3. The van der Waals surface area contributed by atoms with Crippen LogP contribution in [-0.4, -0.2) is 19.1 Å². The van der Waals surface area contributed by atoms with Gasteiger partial charge in [-0.3, -0.25) is 0 Å². The molecule has 3 atom stereocenters. The standard InChI is InChI=1S/C15H23ClN2/c1-10-8-18(9-11(10)2)15-5-4-14(16)7-13(15)6-12(3)17/h4-5,7,10-12H,6,8-9,17H2,1-3H3. The number of nitrogens with two attached hydrogens (primary N) is 1. The van der Waals surface area contributed by atoms with E-state index in [-0.39, 0.29) is 6.04 Å². The number of hydrogen-bond donors (Lipinski definition) is 1. The molecule has 100 valence electrons. The Hall–Kier alpha value is -0.730. The molecule has 1 fully saturated rings. The minimum atomic E-state index is 0.166. The molecular formula is C15H23ClN2. The van der Waals surface area contributed by atoms with Gasteiger partial charge in [0.05, 0.1) is 0 Å². The van der Waals surface area contributed by atoms with Crippen molar-refractivity contribution >= 4 is 17.3 Å². The van der Waals surface area contributed by atoms with E-state index in [1.807, 2.05) is 13.0 Å². The summed E-state index contributed by atoms with van der Waals surface area (Å²) in [5.74, 6) is 1.51. The quantitative estimate of drug-likeness (QED) is 0.909. The summed E-state index contributed by atoms with van der Waals surface area (Å²) in [5.41, 5.74) is 8.52. The second-order valence-corrected chi connectivity index (χ2v) is 6.25. The monoisotopic (exact) mass is 266 g/mol. The normalized spacial score (nSPS) is 25.5. The zero-order valence-electron chi connectivity index (χ0n) is 11.5. The van der Waals surface area contributed by atoms with Crippen LogP contribution in [0.4, 0.5) is 5.69 Å². The average molecular weight is 267 g/mol. The maximum absolute atomic E-state index is 6.10. The minimum absolute atomic E-state index is 0.166. The lowest BCUT2D eigenvalue weighted by Gasteiger charge is -2.23. The van der Waals surface area contributed by atoms with Crippen LogP contribution in [0.2, 0.25) is 5.02 Å². The van der Waals surface area contributed by atoms with Crippen LogP contribution in [0, 0.1) is 11.8 Å². The van der Waals surface area contributed by atoms with Crippen LogP contribution >= 0.6 is 11.6 Å². The summed E-state index contributed by atoms with van der Waals surface area (Å²) in [4.78, 5) is 2.48. The molecule has 0 saturated carbocycles. The molecule has 0 spiro atoms. The first-order valence-corrected chi connectivity index (χ1v) is 7.14. The van der Waals surface area contributed by atoms with Gasteiger partial charge in [-0.05, 0) is 48.9 Å². The van der Waals surface area contributed by atoms with Crippen molar-refractivity contribution in [1.82, 2.24) is 0 Å². The lowest BCUT2D eigenvalue weighted by Crippen LogP contribution is -2.24. The molecule has 2 N–H and O–H groups in total. The van der Waals surface area contributed by atoms with Crippen LogP contribution < -0.4 is 10.6 Å². The van der Waals surface area contributed by atoms with Crippen LogP contribution in [0.15, 0.2) is 18.2 Å². The summed E-state index contributed by atoms with van der Waals surface area (Å²) in [6.45, 7) is 8.96. The number of hydrogen-bond acceptors (Lipinski definition) is 2. The molecule has 1 aromatic rings. The topological polar surface area (TPSA) is 29.3 Å². The zero-order chi connectivity index (χ0) is 13.3. The van der Waals surface area contributed by atoms with Crippen LogP contribution in [0.25, 0.3) is 0 Å². The van der Waals surface area contributed by atoms with E-state index in [4.69, 9.17) is 17.3 Å². The predicted octanol–water partition coefficient (Wildman–Crippen LogP) is 3.32. The first kappa shape index (κ1) is 13.7. The second-order valence-electron chi connectivity index (χ2n) is 5.81. The highest BCUT2D eigenvalue weighted by Crippen LogP contribution is 2.32. The Balaban J connectivity index is 2.26. The Bertz CT molecular complexity index is 407.